The summed E-state index contributed by atoms with van der Waals surface area (Å²) in [6.07, 6.45) is 2.06. The van der Waals surface area contributed by atoms with Gasteiger partial charge in [-0.3, -0.25) is 10.1 Å². The number of fused-ring (bicyclic) bond motifs is 1. The van der Waals surface area contributed by atoms with Crippen molar-refractivity contribution >= 4 is 47.5 Å². The van der Waals surface area contributed by atoms with Gasteiger partial charge in [0.1, 0.15) is 6.04 Å². The molecule has 1 unspecified atom stereocenters. The summed E-state index contributed by atoms with van der Waals surface area (Å²) in [6, 6.07) is 24.7. The molecule has 0 spiro atoms. The predicted molar refractivity (Wildman–Crippen MR) is 134 cm³/mol. The monoisotopic (exact) mass is 477 g/mol. The van der Waals surface area contributed by atoms with E-state index < -0.39 is 0 Å². The molecule has 1 amide bonds. The summed E-state index contributed by atoms with van der Waals surface area (Å²) in [6.45, 7) is 1.98. The molecule has 0 saturated heterocycles. The topological polar surface area (TPSA) is 71.8 Å². The number of carbonyl (C=O) groups excluding carboxylic acids is 1. The number of benzene rings is 3. The van der Waals surface area contributed by atoms with Crippen LogP contribution in [-0.4, -0.2) is 20.7 Å². The van der Waals surface area contributed by atoms with E-state index in [9.17, 15) is 4.79 Å². The first-order chi connectivity index (χ1) is 15.6. The van der Waals surface area contributed by atoms with Crippen LogP contribution in [0.1, 0.15) is 33.1 Å². The first-order valence-corrected chi connectivity index (χ1v) is 10.6. The van der Waals surface area contributed by atoms with Crippen LogP contribution in [-0.2, 0) is 0 Å². The normalized spacial score (nSPS) is 14.4. The van der Waals surface area contributed by atoms with Gasteiger partial charge in [-0.15, -0.1) is 17.5 Å². The van der Waals surface area contributed by atoms with E-state index in [1.165, 1.54) is 0 Å². The van der Waals surface area contributed by atoms with E-state index in [0.717, 1.165) is 22.4 Å². The highest BCUT2D eigenvalue weighted by Gasteiger charge is 2.27. The lowest BCUT2D eigenvalue weighted by atomic mass is 10.0. The van der Waals surface area contributed by atoms with Crippen LogP contribution in [0.15, 0.2) is 84.9 Å². The van der Waals surface area contributed by atoms with Gasteiger partial charge in [0.15, 0.2) is 0 Å². The van der Waals surface area contributed by atoms with Gasteiger partial charge < -0.3 is 5.32 Å². The lowest BCUT2D eigenvalue weighted by Gasteiger charge is -2.24. The fourth-order valence-electron chi connectivity index (χ4n) is 3.65. The number of rotatable bonds is 4. The minimum Gasteiger partial charge on any atom is -0.324 e. The quantitative estimate of drug-likeness (QED) is 0.379. The van der Waals surface area contributed by atoms with Crippen LogP contribution in [0, 0.1) is 6.92 Å². The van der Waals surface area contributed by atoms with Crippen molar-refractivity contribution in [3.63, 3.8) is 0 Å². The van der Waals surface area contributed by atoms with Crippen molar-refractivity contribution in [1.82, 2.24) is 14.8 Å². The number of nitrogens with one attached hydrogen (secondary N) is 2. The predicted octanol–water partition coefficient (Wildman–Crippen LogP) is 5.97. The molecule has 1 atom stereocenters. The number of carbonyl (C=O) groups is 1. The Labute approximate surface area is 202 Å². The summed E-state index contributed by atoms with van der Waals surface area (Å²) >= 11 is 6.52. The van der Waals surface area contributed by atoms with Gasteiger partial charge in [0.2, 0.25) is 5.95 Å². The molecule has 2 heterocycles. The van der Waals surface area contributed by atoms with Crippen LogP contribution in [0.2, 0.25) is 5.02 Å². The van der Waals surface area contributed by atoms with E-state index in [2.05, 4.69) is 26.8 Å². The lowest BCUT2D eigenvalue weighted by molar-refractivity contribution is 0.102. The summed E-state index contributed by atoms with van der Waals surface area (Å²) < 4.78 is 1.73. The molecule has 6 nitrogen and oxygen atoms in total. The zero-order valence-corrected chi connectivity index (χ0v) is 19.3. The van der Waals surface area contributed by atoms with Gasteiger partial charge in [0.05, 0.1) is 0 Å². The zero-order valence-electron chi connectivity index (χ0n) is 17.7. The Balaban J connectivity index is 0.00000259. The Morgan fingerprint density at radius 2 is 1.70 bits per heavy atom. The van der Waals surface area contributed by atoms with Crippen molar-refractivity contribution in [3.8, 4) is 0 Å². The number of halogens is 2. The number of allylic oxidation sites excluding steroid dienone is 1. The van der Waals surface area contributed by atoms with Crippen LogP contribution >= 0.6 is 24.0 Å². The molecule has 33 heavy (non-hydrogen) atoms. The molecular formula is C25H21Cl2N5O. The van der Waals surface area contributed by atoms with Crippen molar-refractivity contribution in [2.75, 3.05) is 10.6 Å². The van der Waals surface area contributed by atoms with Crippen LogP contribution in [0.5, 0.6) is 0 Å². The molecule has 4 aromatic rings. The van der Waals surface area contributed by atoms with Crippen LogP contribution in [0.3, 0.4) is 0 Å². The van der Waals surface area contributed by atoms with E-state index >= 15 is 0 Å². The Morgan fingerprint density at radius 1 is 1.00 bits per heavy atom. The van der Waals surface area contributed by atoms with Crippen LogP contribution in [0.25, 0.3) is 5.70 Å². The van der Waals surface area contributed by atoms with E-state index in [0.29, 0.717) is 16.5 Å². The average Bonchev–Trinajstić information content (AvgIpc) is 3.22. The molecule has 2 N–H and O–H groups in total. The Morgan fingerprint density at radius 3 is 2.42 bits per heavy atom. The fourth-order valence-corrected chi connectivity index (χ4v) is 3.89. The number of hydrogen-bond acceptors (Lipinski definition) is 4. The molecule has 0 fully saturated rings. The number of anilines is 2. The summed E-state index contributed by atoms with van der Waals surface area (Å²) in [5.41, 5.74) is 4.44. The first kappa shape index (κ1) is 22.6. The Bertz CT molecular complexity index is 1320. The standard InChI is InChI=1S/C25H20ClN5O.ClH/c1-16-11-13-18(14-12-16)23(32)28-24-29-25-27-21(17-7-3-2-4-8-17)15-22(31(25)30-24)19-9-5-6-10-20(19)26;/h2-15,22H,1H3,(H2,27,28,29,30,32);1H. The fraction of sp³-hybridized carbons (Fsp3) is 0.0800. The molecule has 0 radical (unpaired) electrons. The third-order valence-electron chi connectivity index (χ3n) is 5.31. The van der Waals surface area contributed by atoms with Gasteiger partial charge in [-0.1, -0.05) is 77.8 Å². The molecule has 3 aromatic carbocycles. The Kier molecular flexibility index (Phi) is 6.49. The maximum absolute atomic E-state index is 12.7. The van der Waals surface area contributed by atoms with E-state index in [1.807, 2.05) is 73.7 Å². The van der Waals surface area contributed by atoms with Crippen molar-refractivity contribution in [3.05, 3.63) is 112 Å². The maximum Gasteiger partial charge on any atom is 0.258 e. The minimum atomic E-state index is -0.285. The zero-order chi connectivity index (χ0) is 22.1. The molecule has 166 valence electrons. The molecule has 8 heteroatoms. The molecule has 1 aliphatic heterocycles. The Hall–Kier alpha value is -3.61. The van der Waals surface area contributed by atoms with Crippen molar-refractivity contribution in [1.29, 1.82) is 0 Å². The largest absolute Gasteiger partial charge is 0.324 e. The third kappa shape index (κ3) is 4.62. The summed E-state index contributed by atoms with van der Waals surface area (Å²) in [4.78, 5) is 17.2. The van der Waals surface area contributed by atoms with Gasteiger partial charge in [-0.2, -0.15) is 4.98 Å². The molecular weight excluding hydrogens is 457 g/mol. The van der Waals surface area contributed by atoms with Crippen LogP contribution < -0.4 is 10.6 Å². The summed E-state index contributed by atoms with van der Waals surface area (Å²) in [5, 5.41) is 11.3. The number of hydrogen-bond donors (Lipinski definition) is 2. The lowest BCUT2D eigenvalue weighted by Crippen LogP contribution is -2.20. The molecule has 0 bridgehead atoms. The molecule has 1 aliphatic rings. The highest BCUT2D eigenvalue weighted by Crippen LogP contribution is 2.35. The third-order valence-corrected chi connectivity index (χ3v) is 5.66. The number of aromatic nitrogens is 3. The maximum atomic E-state index is 12.7. The van der Waals surface area contributed by atoms with E-state index in [1.54, 1.807) is 16.8 Å². The minimum absolute atomic E-state index is 0. The second-order valence-corrected chi connectivity index (χ2v) is 7.97. The number of nitrogens with zero attached hydrogens (tertiary/aromatic N) is 3. The molecule has 5 rings (SSSR count). The molecule has 1 aromatic heterocycles. The number of aryl methyl sites for hydroxylation is 1. The highest BCUT2D eigenvalue weighted by atomic mass is 35.5. The highest BCUT2D eigenvalue weighted by molar-refractivity contribution is 6.31. The van der Waals surface area contributed by atoms with E-state index in [4.69, 9.17) is 11.6 Å². The second-order valence-electron chi connectivity index (χ2n) is 7.56. The van der Waals surface area contributed by atoms with Crippen molar-refractivity contribution < 1.29 is 4.79 Å². The van der Waals surface area contributed by atoms with Gasteiger partial charge in [-0.25, -0.2) is 4.68 Å². The van der Waals surface area contributed by atoms with Gasteiger partial charge in [0.25, 0.3) is 11.9 Å². The van der Waals surface area contributed by atoms with Crippen LogP contribution in [0.4, 0.5) is 11.9 Å². The smallest absolute Gasteiger partial charge is 0.258 e. The summed E-state index contributed by atoms with van der Waals surface area (Å²) in [5.74, 6) is 0.479. The van der Waals surface area contributed by atoms with Gasteiger partial charge in [0, 0.05) is 16.3 Å². The molecule has 0 aliphatic carbocycles. The van der Waals surface area contributed by atoms with Gasteiger partial charge in [-0.05, 0) is 42.3 Å². The van der Waals surface area contributed by atoms with E-state index in [-0.39, 0.29) is 30.3 Å². The van der Waals surface area contributed by atoms with Gasteiger partial charge >= 0.3 is 0 Å². The first-order valence-electron chi connectivity index (χ1n) is 10.2. The second kappa shape index (κ2) is 9.48. The van der Waals surface area contributed by atoms with Crippen molar-refractivity contribution in [2.24, 2.45) is 0 Å². The number of amides is 1. The SMILES string of the molecule is Cc1ccc(C(=O)Nc2nc3n(n2)C(c2ccccc2Cl)C=C(c2ccccc2)N3)cc1.Cl. The molecule has 0 saturated carbocycles. The van der Waals surface area contributed by atoms with Crippen molar-refractivity contribution in [2.45, 2.75) is 13.0 Å². The average molecular weight is 478 g/mol. The summed E-state index contributed by atoms with van der Waals surface area (Å²) in [7, 11) is 0.